The fraction of sp³-hybridized carbons (Fsp3) is 0.611. The van der Waals surface area contributed by atoms with Gasteiger partial charge in [-0.2, -0.15) is 0 Å². The molecular formula is C18H29N3O. The number of amides is 1. The number of carbonyl (C=O) groups is 1. The number of piperidine rings is 1. The number of anilines is 2. The van der Waals surface area contributed by atoms with Crippen LogP contribution in [0.25, 0.3) is 0 Å². The van der Waals surface area contributed by atoms with Gasteiger partial charge in [0.25, 0.3) is 0 Å². The lowest BCUT2D eigenvalue weighted by atomic mass is 10.1. The van der Waals surface area contributed by atoms with Crippen molar-refractivity contribution in [1.29, 1.82) is 0 Å². The molecule has 4 heteroatoms. The van der Waals surface area contributed by atoms with Crippen molar-refractivity contribution < 1.29 is 4.79 Å². The maximum Gasteiger partial charge on any atom is 0.225 e. The first-order valence-electron chi connectivity index (χ1n) is 8.65. The van der Waals surface area contributed by atoms with E-state index in [0.717, 1.165) is 31.9 Å². The average Bonchev–Trinajstić information content (AvgIpc) is 2.56. The molecule has 1 aromatic carbocycles. The predicted octanol–water partition coefficient (Wildman–Crippen LogP) is 3.40. The zero-order valence-corrected chi connectivity index (χ0v) is 13.7. The first-order chi connectivity index (χ1) is 10.8. The molecule has 1 fully saturated rings. The number of benzene rings is 1. The van der Waals surface area contributed by atoms with E-state index in [1.165, 1.54) is 37.8 Å². The molecule has 122 valence electrons. The van der Waals surface area contributed by atoms with Gasteiger partial charge in [0, 0.05) is 37.4 Å². The summed E-state index contributed by atoms with van der Waals surface area (Å²) in [7, 11) is 0. The van der Waals surface area contributed by atoms with Crippen molar-refractivity contribution in [2.75, 3.05) is 36.4 Å². The fourth-order valence-corrected chi connectivity index (χ4v) is 2.76. The molecule has 1 saturated heterocycles. The molecule has 0 saturated carbocycles. The minimum absolute atomic E-state index is 0.0784. The third-order valence-electron chi connectivity index (χ3n) is 4.11. The van der Waals surface area contributed by atoms with Gasteiger partial charge < -0.3 is 15.5 Å². The summed E-state index contributed by atoms with van der Waals surface area (Å²) in [6.45, 7) is 6.21. The van der Waals surface area contributed by atoms with Crippen LogP contribution in [0, 0.1) is 0 Å². The van der Waals surface area contributed by atoms with E-state index >= 15 is 0 Å². The van der Waals surface area contributed by atoms with Crippen LogP contribution in [0.15, 0.2) is 24.3 Å². The van der Waals surface area contributed by atoms with Gasteiger partial charge in [0.05, 0.1) is 0 Å². The van der Waals surface area contributed by atoms with Crippen molar-refractivity contribution in [3.05, 3.63) is 24.3 Å². The molecule has 4 nitrogen and oxygen atoms in total. The number of rotatable bonds is 8. The van der Waals surface area contributed by atoms with Gasteiger partial charge in [-0.25, -0.2) is 0 Å². The highest BCUT2D eigenvalue weighted by Crippen LogP contribution is 2.21. The van der Waals surface area contributed by atoms with E-state index in [2.05, 4.69) is 34.6 Å². The van der Waals surface area contributed by atoms with Crippen LogP contribution < -0.4 is 15.5 Å². The second kappa shape index (κ2) is 9.46. The normalized spacial score (nSPS) is 14.9. The van der Waals surface area contributed by atoms with Gasteiger partial charge in [-0.3, -0.25) is 4.79 Å². The lowest BCUT2D eigenvalue weighted by Gasteiger charge is -2.28. The molecule has 0 aliphatic carbocycles. The van der Waals surface area contributed by atoms with E-state index < -0.39 is 0 Å². The van der Waals surface area contributed by atoms with Gasteiger partial charge in [-0.05, 0) is 56.5 Å². The standard InChI is InChI=1S/C18H29N3O/c1-2-3-12-19-13-11-18(22)20-16-7-9-17(10-8-16)21-14-5-4-6-15-21/h7-10,19H,2-6,11-15H2,1H3,(H,20,22). The molecule has 22 heavy (non-hydrogen) atoms. The van der Waals surface area contributed by atoms with E-state index in [-0.39, 0.29) is 5.91 Å². The van der Waals surface area contributed by atoms with Gasteiger partial charge in [0.2, 0.25) is 5.91 Å². The van der Waals surface area contributed by atoms with Crippen LogP contribution in [0.1, 0.15) is 45.4 Å². The Labute approximate surface area is 134 Å². The Bertz CT molecular complexity index is 438. The topological polar surface area (TPSA) is 44.4 Å². The van der Waals surface area contributed by atoms with Crippen molar-refractivity contribution in [3.63, 3.8) is 0 Å². The molecule has 0 spiro atoms. The Hall–Kier alpha value is -1.55. The maximum atomic E-state index is 11.9. The first-order valence-corrected chi connectivity index (χ1v) is 8.65. The van der Waals surface area contributed by atoms with Crippen molar-refractivity contribution in [3.8, 4) is 0 Å². The van der Waals surface area contributed by atoms with Crippen LogP contribution in [0.2, 0.25) is 0 Å². The average molecular weight is 303 g/mol. The van der Waals surface area contributed by atoms with Gasteiger partial charge in [0.15, 0.2) is 0 Å². The number of nitrogens with one attached hydrogen (secondary N) is 2. The number of unbranched alkanes of at least 4 members (excludes halogenated alkanes) is 1. The number of hydrogen-bond donors (Lipinski definition) is 2. The largest absolute Gasteiger partial charge is 0.372 e. The zero-order chi connectivity index (χ0) is 15.6. The summed E-state index contributed by atoms with van der Waals surface area (Å²) >= 11 is 0. The predicted molar refractivity (Wildman–Crippen MR) is 93.5 cm³/mol. The molecule has 1 aromatic rings. The number of hydrogen-bond acceptors (Lipinski definition) is 3. The molecule has 0 bridgehead atoms. The molecule has 1 aliphatic heterocycles. The SMILES string of the molecule is CCCCNCCC(=O)Nc1ccc(N2CCCCC2)cc1. The smallest absolute Gasteiger partial charge is 0.225 e. The molecule has 0 atom stereocenters. The van der Waals surface area contributed by atoms with Crippen LogP contribution in [0.5, 0.6) is 0 Å². The molecule has 0 aromatic heterocycles. The summed E-state index contributed by atoms with van der Waals surface area (Å²) in [4.78, 5) is 14.3. The summed E-state index contributed by atoms with van der Waals surface area (Å²) in [6, 6.07) is 8.24. The highest BCUT2D eigenvalue weighted by Gasteiger charge is 2.10. The Morgan fingerprint density at radius 1 is 1.09 bits per heavy atom. The lowest BCUT2D eigenvalue weighted by molar-refractivity contribution is -0.116. The van der Waals surface area contributed by atoms with E-state index in [4.69, 9.17) is 0 Å². The summed E-state index contributed by atoms with van der Waals surface area (Å²) in [6.07, 6.45) is 6.78. The molecule has 1 heterocycles. The van der Waals surface area contributed by atoms with Gasteiger partial charge in [-0.15, -0.1) is 0 Å². The van der Waals surface area contributed by atoms with Crippen molar-refractivity contribution in [2.24, 2.45) is 0 Å². The molecular weight excluding hydrogens is 274 g/mol. The molecule has 2 N–H and O–H groups in total. The summed E-state index contributed by atoms with van der Waals surface area (Å²) < 4.78 is 0. The number of nitrogens with zero attached hydrogens (tertiary/aromatic N) is 1. The summed E-state index contributed by atoms with van der Waals surface area (Å²) in [5.41, 5.74) is 2.15. The molecule has 2 rings (SSSR count). The van der Waals surface area contributed by atoms with Crippen molar-refractivity contribution >= 4 is 17.3 Å². The van der Waals surface area contributed by atoms with Crippen LogP contribution in [-0.4, -0.2) is 32.1 Å². The van der Waals surface area contributed by atoms with Crippen LogP contribution in [-0.2, 0) is 4.79 Å². The highest BCUT2D eigenvalue weighted by molar-refractivity contribution is 5.91. The number of carbonyl (C=O) groups excluding carboxylic acids is 1. The second-order valence-corrected chi connectivity index (χ2v) is 6.00. The van der Waals surface area contributed by atoms with E-state index in [1.807, 2.05) is 12.1 Å². The van der Waals surface area contributed by atoms with Gasteiger partial charge >= 0.3 is 0 Å². The van der Waals surface area contributed by atoms with Crippen LogP contribution in [0.4, 0.5) is 11.4 Å². The molecule has 1 amide bonds. The first kappa shape index (κ1) is 16.8. The monoisotopic (exact) mass is 303 g/mol. The second-order valence-electron chi connectivity index (χ2n) is 6.00. The van der Waals surface area contributed by atoms with Crippen LogP contribution >= 0.6 is 0 Å². The third-order valence-corrected chi connectivity index (χ3v) is 4.11. The van der Waals surface area contributed by atoms with E-state index in [1.54, 1.807) is 0 Å². The van der Waals surface area contributed by atoms with Crippen molar-refractivity contribution in [2.45, 2.75) is 45.4 Å². The van der Waals surface area contributed by atoms with Gasteiger partial charge in [-0.1, -0.05) is 13.3 Å². The molecule has 1 aliphatic rings. The van der Waals surface area contributed by atoms with E-state index in [9.17, 15) is 4.79 Å². The summed E-state index contributed by atoms with van der Waals surface area (Å²) in [5.74, 6) is 0.0784. The minimum Gasteiger partial charge on any atom is -0.372 e. The quantitative estimate of drug-likeness (QED) is 0.724. The third kappa shape index (κ3) is 5.68. The Morgan fingerprint density at radius 3 is 2.50 bits per heavy atom. The summed E-state index contributed by atoms with van der Waals surface area (Å²) in [5, 5.41) is 6.25. The Morgan fingerprint density at radius 2 is 1.82 bits per heavy atom. The zero-order valence-electron chi connectivity index (χ0n) is 13.7. The van der Waals surface area contributed by atoms with E-state index in [0.29, 0.717) is 6.42 Å². The Balaban J connectivity index is 1.72. The van der Waals surface area contributed by atoms with Crippen molar-refractivity contribution in [1.82, 2.24) is 5.32 Å². The minimum atomic E-state index is 0.0784. The fourth-order valence-electron chi connectivity index (χ4n) is 2.76. The van der Waals surface area contributed by atoms with Gasteiger partial charge in [0.1, 0.15) is 0 Å². The maximum absolute atomic E-state index is 11.9. The lowest BCUT2D eigenvalue weighted by Crippen LogP contribution is -2.29. The molecule has 0 radical (unpaired) electrons. The van der Waals surface area contributed by atoms with Crippen LogP contribution in [0.3, 0.4) is 0 Å². The molecule has 0 unspecified atom stereocenters. The highest BCUT2D eigenvalue weighted by atomic mass is 16.1. The Kier molecular flexibility index (Phi) is 7.23.